The van der Waals surface area contributed by atoms with Crippen LogP contribution < -0.4 is 5.32 Å². The molecule has 0 aromatic heterocycles. The Labute approximate surface area is 111 Å². The van der Waals surface area contributed by atoms with Crippen LogP contribution in [0.4, 0.5) is 4.39 Å². The third-order valence-corrected chi connectivity index (χ3v) is 3.50. The van der Waals surface area contributed by atoms with Gasteiger partial charge in [-0.1, -0.05) is 17.7 Å². The van der Waals surface area contributed by atoms with Crippen molar-refractivity contribution in [2.75, 3.05) is 13.1 Å². The van der Waals surface area contributed by atoms with Crippen LogP contribution in [0.15, 0.2) is 18.2 Å². The molecule has 0 aliphatic carbocycles. The summed E-state index contributed by atoms with van der Waals surface area (Å²) in [6.45, 7) is 5.51. The van der Waals surface area contributed by atoms with Gasteiger partial charge in [0.2, 0.25) is 5.91 Å². The fourth-order valence-electron chi connectivity index (χ4n) is 2.08. The number of halogens is 2. The van der Waals surface area contributed by atoms with Gasteiger partial charge in [0.1, 0.15) is 5.82 Å². The smallest absolute Gasteiger partial charge is 0.242 e. The lowest BCUT2D eigenvalue weighted by Crippen LogP contribution is -2.60. The minimum Gasteiger partial charge on any atom is -0.335 e. The van der Waals surface area contributed by atoms with Gasteiger partial charge in [-0.15, -0.1) is 0 Å². The first kappa shape index (κ1) is 13.3. The molecule has 0 saturated carbocycles. The second-order valence-corrected chi connectivity index (χ2v) is 5.42. The van der Waals surface area contributed by atoms with Crippen molar-refractivity contribution in [2.45, 2.75) is 25.9 Å². The van der Waals surface area contributed by atoms with Crippen molar-refractivity contribution in [3.05, 3.63) is 34.6 Å². The first-order valence-corrected chi connectivity index (χ1v) is 6.26. The average Bonchev–Trinajstić information content (AvgIpc) is 2.28. The molecule has 0 unspecified atom stereocenters. The third-order valence-electron chi connectivity index (χ3n) is 3.15. The summed E-state index contributed by atoms with van der Waals surface area (Å²) >= 11 is 5.97. The number of amides is 1. The Morgan fingerprint density at radius 2 is 2.22 bits per heavy atom. The Kier molecular flexibility index (Phi) is 3.59. The zero-order chi connectivity index (χ0) is 13.3. The van der Waals surface area contributed by atoms with Gasteiger partial charge < -0.3 is 10.2 Å². The number of hydrogen-bond donors (Lipinski definition) is 1. The number of nitrogens with zero attached hydrogens (tertiary/aromatic N) is 1. The molecule has 2 rings (SSSR count). The van der Waals surface area contributed by atoms with Crippen LogP contribution in [0, 0.1) is 5.82 Å². The van der Waals surface area contributed by atoms with Gasteiger partial charge in [-0.05, 0) is 31.5 Å². The number of hydrogen-bond acceptors (Lipinski definition) is 2. The van der Waals surface area contributed by atoms with Gasteiger partial charge in [-0.25, -0.2) is 4.39 Å². The highest BCUT2D eigenvalue weighted by molar-refractivity contribution is 6.31. The zero-order valence-corrected chi connectivity index (χ0v) is 11.2. The molecule has 1 amide bonds. The molecule has 1 fully saturated rings. The Hall–Kier alpha value is -1.13. The number of nitrogens with one attached hydrogen (secondary N) is 1. The zero-order valence-electron chi connectivity index (χ0n) is 10.5. The fraction of sp³-hybridized carbons (Fsp3) is 0.462. The van der Waals surface area contributed by atoms with Gasteiger partial charge in [0.05, 0.1) is 5.54 Å². The first-order chi connectivity index (χ1) is 8.40. The molecule has 5 heteroatoms. The molecule has 98 valence electrons. The van der Waals surface area contributed by atoms with E-state index in [-0.39, 0.29) is 11.7 Å². The summed E-state index contributed by atoms with van der Waals surface area (Å²) < 4.78 is 13.0. The maximum absolute atomic E-state index is 13.0. The number of benzene rings is 1. The summed E-state index contributed by atoms with van der Waals surface area (Å²) in [6, 6.07) is 4.26. The normalized spacial score (nSPS) is 19.1. The largest absolute Gasteiger partial charge is 0.335 e. The van der Waals surface area contributed by atoms with Crippen molar-refractivity contribution >= 4 is 17.5 Å². The van der Waals surface area contributed by atoms with E-state index >= 15 is 0 Å². The maximum Gasteiger partial charge on any atom is 0.242 e. The molecule has 0 spiro atoms. The van der Waals surface area contributed by atoms with E-state index in [0.29, 0.717) is 18.1 Å². The molecule has 1 heterocycles. The predicted molar refractivity (Wildman–Crippen MR) is 68.9 cm³/mol. The molecule has 1 aliphatic rings. The summed E-state index contributed by atoms with van der Waals surface area (Å²) in [5, 5.41) is 3.52. The lowest BCUT2D eigenvalue weighted by molar-refractivity contribution is -0.140. The van der Waals surface area contributed by atoms with E-state index < -0.39 is 5.54 Å². The number of carbonyl (C=O) groups excluding carboxylic acids is 1. The van der Waals surface area contributed by atoms with Crippen molar-refractivity contribution < 1.29 is 9.18 Å². The second-order valence-electron chi connectivity index (χ2n) is 5.01. The molecule has 1 aromatic carbocycles. The van der Waals surface area contributed by atoms with Crippen LogP contribution >= 0.6 is 11.6 Å². The van der Waals surface area contributed by atoms with E-state index in [4.69, 9.17) is 11.6 Å². The highest BCUT2D eigenvalue weighted by Gasteiger charge is 2.35. The average molecular weight is 271 g/mol. The molecule has 18 heavy (non-hydrogen) atoms. The Morgan fingerprint density at radius 1 is 1.50 bits per heavy atom. The minimum atomic E-state index is -0.551. The topological polar surface area (TPSA) is 32.3 Å². The van der Waals surface area contributed by atoms with Crippen molar-refractivity contribution in [2.24, 2.45) is 0 Å². The summed E-state index contributed by atoms with van der Waals surface area (Å²) in [5.74, 6) is -0.329. The van der Waals surface area contributed by atoms with Gasteiger partial charge in [0, 0.05) is 24.7 Å². The molecule has 0 radical (unpaired) electrons. The SMILES string of the molecule is CC1(C)NCCN(Cc2ccc(F)cc2Cl)C1=O. The molecule has 0 bridgehead atoms. The lowest BCUT2D eigenvalue weighted by atomic mass is 10.0. The predicted octanol–water partition coefficient (Wildman–Crippen LogP) is 2.19. The van der Waals surface area contributed by atoms with Crippen LogP contribution in [0.2, 0.25) is 5.02 Å². The number of piperazine rings is 1. The van der Waals surface area contributed by atoms with Crippen LogP contribution in [0.3, 0.4) is 0 Å². The van der Waals surface area contributed by atoms with E-state index in [2.05, 4.69) is 5.32 Å². The van der Waals surface area contributed by atoms with Gasteiger partial charge in [-0.3, -0.25) is 4.79 Å². The Bertz CT molecular complexity index is 476. The minimum absolute atomic E-state index is 0.0362. The quantitative estimate of drug-likeness (QED) is 0.893. The molecule has 1 N–H and O–H groups in total. The van der Waals surface area contributed by atoms with E-state index in [1.165, 1.54) is 12.1 Å². The monoisotopic (exact) mass is 270 g/mol. The lowest BCUT2D eigenvalue weighted by Gasteiger charge is -2.38. The van der Waals surface area contributed by atoms with E-state index in [1.54, 1.807) is 11.0 Å². The van der Waals surface area contributed by atoms with Crippen molar-refractivity contribution in [1.82, 2.24) is 10.2 Å². The molecular weight excluding hydrogens is 255 g/mol. The van der Waals surface area contributed by atoms with E-state index in [1.807, 2.05) is 13.8 Å². The molecule has 3 nitrogen and oxygen atoms in total. The second kappa shape index (κ2) is 4.86. The van der Waals surface area contributed by atoms with Crippen molar-refractivity contribution in [3.8, 4) is 0 Å². The van der Waals surface area contributed by atoms with Crippen molar-refractivity contribution in [1.29, 1.82) is 0 Å². The van der Waals surface area contributed by atoms with Crippen LogP contribution in [0.1, 0.15) is 19.4 Å². The van der Waals surface area contributed by atoms with Gasteiger partial charge in [0.15, 0.2) is 0 Å². The fourth-order valence-corrected chi connectivity index (χ4v) is 2.31. The summed E-state index contributed by atoms with van der Waals surface area (Å²) in [5.41, 5.74) is 0.217. The van der Waals surface area contributed by atoms with E-state index in [9.17, 15) is 9.18 Å². The van der Waals surface area contributed by atoms with E-state index in [0.717, 1.165) is 12.1 Å². The molecule has 0 atom stereocenters. The Balaban J connectivity index is 2.16. The third kappa shape index (κ3) is 2.65. The van der Waals surface area contributed by atoms with Gasteiger partial charge in [-0.2, -0.15) is 0 Å². The van der Waals surface area contributed by atoms with Gasteiger partial charge >= 0.3 is 0 Å². The molecule has 1 saturated heterocycles. The standard InChI is InChI=1S/C13H16ClFN2O/c1-13(2)12(18)17(6-5-16-13)8-9-3-4-10(15)7-11(9)14/h3-4,7,16H,5-6,8H2,1-2H3. The van der Waals surface area contributed by atoms with Crippen LogP contribution in [-0.4, -0.2) is 29.4 Å². The summed E-state index contributed by atoms with van der Waals surface area (Å²) in [6.07, 6.45) is 0. The summed E-state index contributed by atoms with van der Waals surface area (Å²) in [7, 11) is 0. The number of carbonyl (C=O) groups is 1. The van der Waals surface area contributed by atoms with Crippen LogP contribution in [-0.2, 0) is 11.3 Å². The summed E-state index contributed by atoms with van der Waals surface area (Å²) in [4.78, 5) is 13.9. The van der Waals surface area contributed by atoms with Crippen molar-refractivity contribution in [3.63, 3.8) is 0 Å². The molecule has 1 aromatic rings. The van der Waals surface area contributed by atoms with Crippen LogP contribution in [0.5, 0.6) is 0 Å². The molecular formula is C13H16ClFN2O. The number of rotatable bonds is 2. The van der Waals surface area contributed by atoms with Crippen LogP contribution in [0.25, 0.3) is 0 Å². The van der Waals surface area contributed by atoms with Gasteiger partial charge in [0.25, 0.3) is 0 Å². The maximum atomic E-state index is 13.0. The Morgan fingerprint density at radius 3 is 2.89 bits per heavy atom. The molecule has 1 aliphatic heterocycles. The highest BCUT2D eigenvalue weighted by Crippen LogP contribution is 2.21. The first-order valence-electron chi connectivity index (χ1n) is 5.88. The highest BCUT2D eigenvalue weighted by atomic mass is 35.5.